The van der Waals surface area contributed by atoms with Gasteiger partial charge in [0, 0.05) is 28.7 Å². The van der Waals surface area contributed by atoms with Crippen LogP contribution in [0.25, 0.3) is 0 Å². The third-order valence-electron chi connectivity index (χ3n) is 4.34. The summed E-state index contributed by atoms with van der Waals surface area (Å²) in [7, 11) is 0. The van der Waals surface area contributed by atoms with Gasteiger partial charge >= 0.3 is 0 Å². The number of morpholine rings is 1. The van der Waals surface area contributed by atoms with Crippen molar-refractivity contribution in [1.82, 2.24) is 9.88 Å². The van der Waals surface area contributed by atoms with Crippen LogP contribution >= 0.6 is 11.3 Å². The van der Waals surface area contributed by atoms with Crippen LogP contribution in [-0.4, -0.2) is 35.5 Å². The monoisotopic (exact) mass is 330 g/mol. The molecule has 2 aromatic rings. The molecule has 5 nitrogen and oxygen atoms in total. The molecule has 6 heteroatoms. The first-order valence-electron chi connectivity index (χ1n) is 7.89. The van der Waals surface area contributed by atoms with E-state index in [4.69, 9.17) is 4.74 Å². The maximum atomic E-state index is 12.8. The van der Waals surface area contributed by atoms with Gasteiger partial charge in [-0.25, -0.2) is 0 Å². The first kappa shape index (κ1) is 14.7. The molecule has 1 N–H and O–H groups in total. The molecule has 120 valence electrons. The zero-order valence-electron chi connectivity index (χ0n) is 12.7. The van der Waals surface area contributed by atoms with E-state index in [9.17, 15) is 9.59 Å². The SMILES string of the molecule is O=C(c1cc(C2CC2)[nH]c(=O)c1)N1CCO[C@@H](c2cccs2)C1. The summed E-state index contributed by atoms with van der Waals surface area (Å²) in [4.78, 5) is 30.4. The molecular weight excluding hydrogens is 312 g/mol. The van der Waals surface area contributed by atoms with Crippen LogP contribution in [0, 0.1) is 0 Å². The Kier molecular flexibility index (Phi) is 3.79. The normalized spacial score (nSPS) is 21.4. The molecule has 2 fully saturated rings. The molecule has 1 aliphatic heterocycles. The van der Waals surface area contributed by atoms with Crippen molar-refractivity contribution >= 4 is 17.2 Å². The quantitative estimate of drug-likeness (QED) is 0.941. The second-order valence-electron chi connectivity index (χ2n) is 6.09. The van der Waals surface area contributed by atoms with Crippen LogP contribution in [0.4, 0.5) is 0 Å². The molecule has 1 atom stereocenters. The number of hydrogen-bond donors (Lipinski definition) is 1. The lowest BCUT2D eigenvalue weighted by atomic mass is 10.1. The number of pyridine rings is 1. The summed E-state index contributed by atoms with van der Waals surface area (Å²) >= 11 is 1.64. The first-order valence-corrected chi connectivity index (χ1v) is 8.77. The van der Waals surface area contributed by atoms with Gasteiger partial charge in [0.05, 0.1) is 13.2 Å². The van der Waals surface area contributed by atoms with E-state index in [1.807, 2.05) is 23.6 Å². The van der Waals surface area contributed by atoms with E-state index in [2.05, 4.69) is 4.98 Å². The van der Waals surface area contributed by atoms with Gasteiger partial charge in [0.1, 0.15) is 6.10 Å². The van der Waals surface area contributed by atoms with Gasteiger partial charge in [-0.2, -0.15) is 0 Å². The second-order valence-corrected chi connectivity index (χ2v) is 7.07. The molecule has 1 saturated heterocycles. The molecule has 0 bridgehead atoms. The number of aromatic nitrogens is 1. The van der Waals surface area contributed by atoms with Crippen molar-refractivity contribution in [2.24, 2.45) is 0 Å². The molecule has 0 spiro atoms. The lowest BCUT2D eigenvalue weighted by molar-refractivity contribution is -0.0211. The van der Waals surface area contributed by atoms with Gasteiger partial charge in [0.25, 0.3) is 5.91 Å². The largest absolute Gasteiger partial charge is 0.369 e. The van der Waals surface area contributed by atoms with Crippen molar-refractivity contribution in [2.75, 3.05) is 19.7 Å². The second kappa shape index (κ2) is 5.94. The van der Waals surface area contributed by atoms with E-state index in [0.29, 0.717) is 31.2 Å². The van der Waals surface area contributed by atoms with Crippen LogP contribution in [0.5, 0.6) is 0 Å². The number of H-pyrrole nitrogens is 1. The number of hydrogen-bond acceptors (Lipinski definition) is 4. The van der Waals surface area contributed by atoms with Crippen LogP contribution in [0.2, 0.25) is 0 Å². The van der Waals surface area contributed by atoms with Gasteiger partial charge in [-0.15, -0.1) is 11.3 Å². The predicted octanol–water partition coefficient (Wildman–Crippen LogP) is 2.53. The standard InChI is InChI=1S/C17H18N2O3S/c20-16-9-12(8-13(18-16)11-3-4-11)17(21)19-5-6-22-14(10-19)15-2-1-7-23-15/h1-2,7-9,11,14H,3-6,10H2,(H,18,20)/t14-/m1/s1. The third-order valence-corrected chi connectivity index (χ3v) is 5.31. The van der Waals surface area contributed by atoms with Crippen molar-refractivity contribution in [2.45, 2.75) is 24.9 Å². The van der Waals surface area contributed by atoms with Gasteiger partial charge in [-0.05, 0) is 36.3 Å². The number of aromatic amines is 1. The van der Waals surface area contributed by atoms with Crippen LogP contribution in [0.1, 0.15) is 45.8 Å². The maximum Gasteiger partial charge on any atom is 0.254 e. The molecule has 2 aromatic heterocycles. The molecule has 23 heavy (non-hydrogen) atoms. The molecule has 1 saturated carbocycles. The lowest BCUT2D eigenvalue weighted by Crippen LogP contribution is -2.42. The summed E-state index contributed by atoms with van der Waals surface area (Å²) in [6, 6.07) is 7.27. The highest BCUT2D eigenvalue weighted by atomic mass is 32.1. The number of amides is 1. The van der Waals surface area contributed by atoms with Gasteiger partial charge in [-0.3, -0.25) is 9.59 Å². The number of carbonyl (C=O) groups excluding carboxylic acids is 1. The van der Waals surface area contributed by atoms with Crippen LogP contribution in [-0.2, 0) is 4.74 Å². The molecule has 1 amide bonds. The van der Waals surface area contributed by atoms with Gasteiger partial charge in [-0.1, -0.05) is 6.07 Å². The minimum absolute atomic E-state index is 0.0717. The first-order chi connectivity index (χ1) is 11.2. The minimum Gasteiger partial charge on any atom is -0.369 e. The van der Waals surface area contributed by atoms with Crippen molar-refractivity contribution in [3.05, 3.63) is 56.1 Å². The summed E-state index contributed by atoms with van der Waals surface area (Å²) in [5.74, 6) is 0.335. The Balaban J connectivity index is 1.55. The topological polar surface area (TPSA) is 62.4 Å². The van der Waals surface area contributed by atoms with Crippen LogP contribution in [0.15, 0.2) is 34.4 Å². The average Bonchev–Trinajstić information content (AvgIpc) is 3.28. The Hall–Kier alpha value is -1.92. The van der Waals surface area contributed by atoms with E-state index in [1.54, 1.807) is 16.2 Å². The highest BCUT2D eigenvalue weighted by molar-refractivity contribution is 7.10. The smallest absolute Gasteiger partial charge is 0.254 e. The van der Waals surface area contributed by atoms with Crippen molar-refractivity contribution in [1.29, 1.82) is 0 Å². The summed E-state index contributed by atoms with van der Waals surface area (Å²) in [5.41, 5.74) is 1.19. The van der Waals surface area contributed by atoms with Crippen molar-refractivity contribution < 1.29 is 9.53 Å². The molecular formula is C17H18N2O3S. The number of ether oxygens (including phenoxy) is 1. The van der Waals surface area contributed by atoms with E-state index >= 15 is 0 Å². The summed E-state index contributed by atoms with van der Waals surface area (Å²) in [6.45, 7) is 1.62. The van der Waals surface area contributed by atoms with E-state index < -0.39 is 0 Å². The predicted molar refractivity (Wildman–Crippen MR) is 88.0 cm³/mol. The molecule has 4 rings (SSSR count). The Labute approximate surface area is 137 Å². The van der Waals surface area contributed by atoms with E-state index in [0.717, 1.165) is 23.4 Å². The van der Waals surface area contributed by atoms with Crippen molar-refractivity contribution in [3.8, 4) is 0 Å². The van der Waals surface area contributed by atoms with Gasteiger partial charge < -0.3 is 14.6 Å². The van der Waals surface area contributed by atoms with Crippen LogP contribution in [0.3, 0.4) is 0 Å². The molecule has 2 aliphatic rings. The number of nitrogens with zero attached hydrogens (tertiary/aromatic N) is 1. The zero-order chi connectivity index (χ0) is 15.8. The Bertz CT molecular complexity index is 764. The summed E-state index contributed by atoms with van der Waals surface area (Å²) < 4.78 is 5.78. The maximum absolute atomic E-state index is 12.8. The Morgan fingerprint density at radius 3 is 2.96 bits per heavy atom. The van der Waals surface area contributed by atoms with E-state index in [-0.39, 0.29) is 17.6 Å². The number of rotatable bonds is 3. The van der Waals surface area contributed by atoms with Gasteiger partial charge in [0.15, 0.2) is 0 Å². The molecule has 0 unspecified atom stereocenters. The average molecular weight is 330 g/mol. The Morgan fingerprint density at radius 1 is 1.35 bits per heavy atom. The molecule has 0 radical (unpaired) electrons. The Morgan fingerprint density at radius 2 is 2.22 bits per heavy atom. The highest BCUT2D eigenvalue weighted by Crippen LogP contribution is 2.38. The molecule has 3 heterocycles. The number of thiophene rings is 1. The number of nitrogens with one attached hydrogen (secondary N) is 1. The summed E-state index contributed by atoms with van der Waals surface area (Å²) in [6.07, 6.45) is 2.11. The lowest BCUT2D eigenvalue weighted by Gasteiger charge is -2.32. The fourth-order valence-electron chi connectivity index (χ4n) is 2.97. The van der Waals surface area contributed by atoms with E-state index in [1.165, 1.54) is 6.07 Å². The fourth-order valence-corrected chi connectivity index (χ4v) is 3.73. The van der Waals surface area contributed by atoms with Gasteiger partial charge in [0.2, 0.25) is 5.56 Å². The van der Waals surface area contributed by atoms with Crippen molar-refractivity contribution in [3.63, 3.8) is 0 Å². The fraction of sp³-hybridized carbons (Fsp3) is 0.412. The number of carbonyl (C=O) groups is 1. The van der Waals surface area contributed by atoms with Crippen LogP contribution < -0.4 is 5.56 Å². The summed E-state index contributed by atoms with van der Waals surface area (Å²) in [5, 5.41) is 2.01. The molecule has 0 aromatic carbocycles. The molecule has 1 aliphatic carbocycles. The zero-order valence-corrected chi connectivity index (χ0v) is 13.5. The third kappa shape index (κ3) is 3.09. The minimum atomic E-state index is -0.194. The highest BCUT2D eigenvalue weighted by Gasteiger charge is 2.29.